The van der Waals surface area contributed by atoms with E-state index < -0.39 is 23.2 Å². The number of nitrogens with one attached hydrogen (secondary N) is 1. The predicted octanol–water partition coefficient (Wildman–Crippen LogP) is 3.56. The van der Waals surface area contributed by atoms with E-state index in [2.05, 4.69) is 15.4 Å². The van der Waals surface area contributed by atoms with Gasteiger partial charge in [0.2, 0.25) is 0 Å². The molecule has 0 bridgehead atoms. The predicted molar refractivity (Wildman–Crippen MR) is 81.8 cm³/mol. The summed E-state index contributed by atoms with van der Waals surface area (Å²) < 4.78 is 40.6. The van der Waals surface area contributed by atoms with Crippen molar-refractivity contribution in [1.82, 2.24) is 14.6 Å². The molecular formula is C16H13F3N4O. The Labute approximate surface area is 135 Å². The third kappa shape index (κ3) is 2.94. The van der Waals surface area contributed by atoms with Gasteiger partial charge in [0.25, 0.3) is 5.91 Å². The van der Waals surface area contributed by atoms with Crippen LogP contribution in [0.3, 0.4) is 0 Å². The number of benzene rings is 1. The fourth-order valence-electron chi connectivity index (χ4n) is 2.32. The Morgan fingerprint density at radius 3 is 2.67 bits per heavy atom. The van der Waals surface area contributed by atoms with E-state index in [0.29, 0.717) is 23.6 Å². The summed E-state index contributed by atoms with van der Waals surface area (Å²) in [5, 5.41) is 6.69. The monoisotopic (exact) mass is 334 g/mol. The van der Waals surface area contributed by atoms with Crippen LogP contribution in [0, 0.1) is 0 Å². The molecule has 0 aliphatic rings. The highest BCUT2D eigenvalue weighted by molar-refractivity contribution is 6.07. The van der Waals surface area contributed by atoms with Gasteiger partial charge in [0.15, 0.2) is 11.5 Å². The van der Waals surface area contributed by atoms with E-state index in [0.717, 1.165) is 12.1 Å². The minimum Gasteiger partial charge on any atom is -0.319 e. The molecule has 0 saturated carbocycles. The molecule has 24 heavy (non-hydrogen) atoms. The highest BCUT2D eigenvalue weighted by atomic mass is 19.4. The molecule has 1 amide bonds. The van der Waals surface area contributed by atoms with Crippen molar-refractivity contribution in [1.29, 1.82) is 0 Å². The number of halogens is 3. The Bertz CT molecular complexity index is 902. The van der Waals surface area contributed by atoms with Crippen LogP contribution in [0.25, 0.3) is 5.65 Å². The van der Waals surface area contributed by atoms with Crippen molar-refractivity contribution in [2.75, 3.05) is 5.32 Å². The molecule has 0 unspecified atom stereocenters. The highest BCUT2D eigenvalue weighted by Crippen LogP contribution is 2.32. The summed E-state index contributed by atoms with van der Waals surface area (Å²) in [7, 11) is 0. The van der Waals surface area contributed by atoms with Gasteiger partial charge in [0.1, 0.15) is 0 Å². The van der Waals surface area contributed by atoms with Crippen molar-refractivity contribution in [3.8, 4) is 0 Å². The molecule has 0 spiro atoms. The largest absolute Gasteiger partial charge is 0.417 e. The molecule has 8 heteroatoms. The lowest BCUT2D eigenvalue weighted by Gasteiger charge is -2.12. The van der Waals surface area contributed by atoms with Crippen LogP contribution >= 0.6 is 0 Å². The van der Waals surface area contributed by atoms with Crippen molar-refractivity contribution in [2.45, 2.75) is 19.5 Å². The van der Waals surface area contributed by atoms with E-state index in [4.69, 9.17) is 0 Å². The summed E-state index contributed by atoms with van der Waals surface area (Å²) in [5.41, 5.74) is -0.744. The maximum Gasteiger partial charge on any atom is 0.417 e. The second kappa shape index (κ2) is 5.95. The fraction of sp³-hybridized carbons (Fsp3) is 0.188. The zero-order chi connectivity index (χ0) is 17.3. The van der Waals surface area contributed by atoms with Crippen LogP contribution in [0.2, 0.25) is 0 Å². The SMILES string of the molecule is CCc1nc2c(NC(=O)c3ccccc3C(F)(F)F)cccn2n1. The first-order valence-electron chi connectivity index (χ1n) is 7.22. The van der Waals surface area contributed by atoms with Gasteiger partial charge in [-0.1, -0.05) is 19.1 Å². The van der Waals surface area contributed by atoms with Crippen molar-refractivity contribution < 1.29 is 18.0 Å². The van der Waals surface area contributed by atoms with Gasteiger partial charge in [-0.3, -0.25) is 4.79 Å². The van der Waals surface area contributed by atoms with E-state index in [9.17, 15) is 18.0 Å². The van der Waals surface area contributed by atoms with Gasteiger partial charge in [-0.2, -0.15) is 18.3 Å². The molecule has 5 nitrogen and oxygen atoms in total. The number of hydrogen-bond donors (Lipinski definition) is 1. The van der Waals surface area contributed by atoms with Crippen LogP contribution in [-0.4, -0.2) is 20.5 Å². The number of pyridine rings is 1. The zero-order valence-corrected chi connectivity index (χ0v) is 12.6. The second-order valence-electron chi connectivity index (χ2n) is 5.07. The van der Waals surface area contributed by atoms with Crippen molar-refractivity contribution in [3.05, 3.63) is 59.5 Å². The first-order chi connectivity index (χ1) is 11.4. The van der Waals surface area contributed by atoms with Gasteiger partial charge >= 0.3 is 6.18 Å². The molecule has 124 valence electrons. The zero-order valence-electron chi connectivity index (χ0n) is 12.6. The summed E-state index contributed by atoms with van der Waals surface area (Å²) in [4.78, 5) is 16.6. The third-order valence-corrected chi connectivity index (χ3v) is 3.45. The number of aromatic nitrogens is 3. The number of nitrogens with zero attached hydrogens (tertiary/aromatic N) is 3. The molecular weight excluding hydrogens is 321 g/mol. The first-order valence-corrected chi connectivity index (χ1v) is 7.22. The summed E-state index contributed by atoms with van der Waals surface area (Å²) in [5.74, 6) is -0.274. The summed E-state index contributed by atoms with van der Waals surface area (Å²) in [6, 6.07) is 7.84. The maximum absolute atomic E-state index is 13.0. The number of carbonyl (C=O) groups excluding carboxylic acids is 1. The molecule has 0 fully saturated rings. The Balaban J connectivity index is 1.98. The average molecular weight is 334 g/mol. The molecule has 1 N–H and O–H groups in total. The number of hydrogen-bond acceptors (Lipinski definition) is 3. The Kier molecular flexibility index (Phi) is 3.96. The molecule has 0 aliphatic carbocycles. The third-order valence-electron chi connectivity index (χ3n) is 3.45. The van der Waals surface area contributed by atoms with Crippen LogP contribution in [0.5, 0.6) is 0 Å². The number of rotatable bonds is 3. The smallest absolute Gasteiger partial charge is 0.319 e. The quantitative estimate of drug-likeness (QED) is 0.797. The lowest BCUT2D eigenvalue weighted by molar-refractivity contribution is -0.137. The molecule has 0 radical (unpaired) electrons. The Hall–Kier alpha value is -2.90. The van der Waals surface area contributed by atoms with E-state index >= 15 is 0 Å². The molecule has 3 rings (SSSR count). The lowest BCUT2D eigenvalue weighted by atomic mass is 10.1. The molecule has 0 saturated heterocycles. The number of amides is 1. The van der Waals surface area contributed by atoms with Crippen LogP contribution in [0.4, 0.5) is 18.9 Å². The standard InChI is InChI=1S/C16H13F3N4O/c1-2-13-21-14-12(8-5-9-23(14)22-13)20-15(24)10-6-3-4-7-11(10)16(17,18)19/h3-9H,2H2,1H3,(H,20,24). The molecule has 0 atom stereocenters. The van der Waals surface area contributed by atoms with Crippen molar-refractivity contribution >= 4 is 17.2 Å². The lowest BCUT2D eigenvalue weighted by Crippen LogP contribution is -2.19. The summed E-state index contributed by atoms with van der Waals surface area (Å²) >= 11 is 0. The maximum atomic E-state index is 13.0. The van der Waals surface area contributed by atoms with Gasteiger partial charge in [-0.25, -0.2) is 9.50 Å². The van der Waals surface area contributed by atoms with Gasteiger partial charge in [-0.15, -0.1) is 0 Å². The van der Waals surface area contributed by atoms with Gasteiger partial charge in [-0.05, 0) is 24.3 Å². The van der Waals surface area contributed by atoms with E-state index in [-0.39, 0.29) is 0 Å². The molecule has 3 aromatic rings. The van der Waals surface area contributed by atoms with Gasteiger partial charge < -0.3 is 5.32 Å². The minimum atomic E-state index is -4.61. The minimum absolute atomic E-state index is 0.298. The average Bonchev–Trinajstić information content (AvgIpc) is 2.98. The number of fused-ring (bicyclic) bond motifs is 1. The number of carbonyl (C=O) groups is 1. The molecule has 2 aromatic heterocycles. The normalized spacial score (nSPS) is 11.7. The van der Waals surface area contributed by atoms with E-state index in [1.54, 1.807) is 18.3 Å². The molecule has 1 aromatic carbocycles. The van der Waals surface area contributed by atoms with Crippen molar-refractivity contribution in [2.24, 2.45) is 0 Å². The summed E-state index contributed by atoms with van der Waals surface area (Å²) in [6.45, 7) is 1.88. The number of anilines is 1. The Morgan fingerprint density at radius 2 is 1.96 bits per heavy atom. The number of aryl methyl sites for hydroxylation is 1. The van der Waals surface area contributed by atoms with Crippen LogP contribution in [-0.2, 0) is 12.6 Å². The molecule has 0 aliphatic heterocycles. The first kappa shape index (κ1) is 16.0. The molecule has 2 heterocycles. The van der Waals surface area contributed by atoms with Crippen LogP contribution in [0.15, 0.2) is 42.6 Å². The fourth-order valence-corrected chi connectivity index (χ4v) is 2.32. The van der Waals surface area contributed by atoms with Crippen molar-refractivity contribution in [3.63, 3.8) is 0 Å². The number of alkyl halides is 3. The second-order valence-corrected chi connectivity index (χ2v) is 5.07. The van der Waals surface area contributed by atoms with E-state index in [1.165, 1.54) is 16.6 Å². The van der Waals surface area contributed by atoms with Crippen LogP contribution < -0.4 is 5.32 Å². The topological polar surface area (TPSA) is 59.3 Å². The van der Waals surface area contributed by atoms with Gasteiger partial charge in [0.05, 0.1) is 16.8 Å². The van der Waals surface area contributed by atoms with E-state index in [1.807, 2.05) is 6.92 Å². The van der Waals surface area contributed by atoms with Gasteiger partial charge in [0, 0.05) is 12.6 Å². The highest BCUT2D eigenvalue weighted by Gasteiger charge is 2.34. The van der Waals surface area contributed by atoms with Crippen LogP contribution in [0.1, 0.15) is 28.7 Å². The Morgan fingerprint density at radius 1 is 1.21 bits per heavy atom. The summed E-state index contributed by atoms with van der Waals surface area (Å²) in [6.07, 6.45) is -2.35.